The molecule has 2 saturated heterocycles. The van der Waals surface area contributed by atoms with Gasteiger partial charge < -0.3 is 10.2 Å². The Morgan fingerprint density at radius 2 is 1.95 bits per heavy atom. The van der Waals surface area contributed by atoms with Gasteiger partial charge in [-0.1, -0.05) is 0 Å². The lowest BCUT2D eigenvalue weighted by molar-refractivity contribution is -0.184. The fraction of sp³-hybridized carbons (Fsp3) is 0.909. The number of nitrogens with zero attached hydrogens (tertiary/aromatic N) is 1. The maximum atomic E-state index is 12.6. The number of amides is 2. The van der Waals surface area contributed by atoms with Crippen LogP contribution in [0.25, 0.3) is 0 Å². The Bertz CT molecular complexity index is 478. The van der Waals surface area contributed by atoms with E-state index < -0.39 is 34.0 Å². The molecule has 2 heterocycles. The van der Waals surface area contributed by atoms with Crippen molar-refractivity contribution < 1.29 is 26.4 Å². The van der Waals surface area contributed by atoms with Gasteiger partial charge >= 0.3 is 12.2 Å². The Kier molecular flexibility index (Phi) is 4.17. The summed E-state index contributed by atoms with van der Waals surface area (Å²) in [6.07, 6.45) is -3.63. The number of halogens is 3. The van der Waals surface area contributed by atoms with E-state index in [-0.39, 0.29) is 31.0 Å². The van der Waals surface area contributed by atoms with E-state index in [1.165, 1.54) is 0 Å². The molecule has 0 unspecified atom stereocenters. The number of piperidine rings is 1. The molecule has 1 N–H and O–H groups in total. The van der Waals surface area contributed by atoms with Crippen LogP contribution in [0.15, 0.2) is 0 Å². The zero-order valence-corrected chi connectivity index (χ0v) is 11.6. The average Bonchev–Trinajstić information content (AvgIpc) is 2.68. The minimum atomic E-state index is -4.30. The van der Waals surface area contributed by atoms with Crippen molar-refractivity contribution in [2.24, 2.45) is 5.92 Å². The highest BCUT2D eigenvalue weighted by Gasteiger charge is 2.43. The molecule has 2 aliphatic rings. The smallest absolute Gasteiger partial charge is 0.334 e. The number of likely N-dealkylation sites (tertiary alicyclic amines) is 1. The van der Waals surface area contributed by atoms with Crippen molar-refractivity contribution in [1.82, 2.24) is 10.2 Å². The number of nitrogens with one attached hydrogen (secondary N) is 1. The van der Waals surface area contributed by atoms with Crippen LogP contribution in [0.1, 0.15) is 19.3 Å². The lowest BCUT2D eigenvalue weighted by Gasteiger charge is -2.34. The predicted molar refractivity (Wildman–Crippen MR) is 65.9 cm³/mol. The van der Waals surface area contributed by atoms with Crippen LogP contribution in [0.5, 0.6) is 0 Å². The maximum Gasteiger partial charge on any atom is 0.393 e. The zero-order valence-electron chi connectivity index (χ0n) is 10.8. The molecule has 0 bridgehead atoms. The summed E-state index contributed by atoms with van der Waals surface area (Å²) in [5.41, 5.74) is 0. The van der Waals surface area contributed by atoms with Gasteiger partial charge in [-0.05, 0) is 19.3 Å². The van der Waals surface area contributed by atoms with Crippen molar-refractivity contribution in [1.29, 1.82) is 0 Å². The lowest BCUT2D eigenvalue weighted by atomic mass is 9.98. The summed E-state index contributed by atoms with van der Waals surface area (Å²) in [6.45, 7) is -0.0767. The van der Waals surface area contributed by atoms with Gasteiger partial charge in [-0.25, -0.2) is 13.2 Å². The highest BCUT2D eigenvalue weighted by Crippen LogP contribution is 2.33. The number of hydrogen-bond acceptors (Lipinski definition) is 3. The summed E-state index contributed by atoms with van der Waals surface area (Å²) < 4.78 is 60.5. The van der Waals surface area contributed by atoms with Gasteiger partial charge in [0, 0.05) is 19.1 Å². The third-order valence-electron chi connectivity index (χ3n) is 3.73. The van der Waals surface area contributed by atoms with Crippen molar-refractivity contribution in [2.45, 2.75) is 31.5 Å². The van der Waals surface area contributed by atoms with Gasteiger partial charge in [0.1, 0.15) is 0 Å². The van der Waals surface area contributed by atoms with E-state index in [1.807, 2.05) is 0 Å². The molecule has 20 heavy (non-hydrogen) atoms. The normalized spacial score (nSPS) is 30.2. The van der Waals surface area contributed by atoms with E-state index in [4.69, 9.17) is 0 Å². The second kappa shape index (κ2) is 5.42. The van der Waals surface area contributed by atoms with Crippen molar-refractivity contribution in [2.75, 3.05) is 24.6 Å². The molecule has 116 valence electrons. The first-order valence-electron chi connectivity index (χ1n) is 6.50. The highest BCUT2D eigenvalue weighted by molar-refractivity contribution is 7.91. The number of sulfone groups is 1. The summed E-state index contributed by atoms with van der Waals surface area (Å²) >= 11 is 0. The van der Waals surface area contributed by atoms with Crippen LogP contribution in [-0.4, -0.2) is 56.2 Å². The Morgan fingerprint density at radius 1 is 1.25 bits per heavy atom. The summed E-state index contributed by atoms with van der Waals surface area (Å²) in [6, 6.07) is -1.08. The molecule has 0 saturated carbocycles. The standard InChI is InChI=1S/C11H17F3N2O3S/c12-11(13,14)8-2-1-4-16(6-8)10(17)15-9-3-5-20(18,19)7-9/h8-9H,1-7H2,(H,15,17)/t8-,9-/m0/s1. The maximum absolute atomic E-state index is 12.6. The first kappa shape index (κ1) is 15.4. The quantitative estimate of drug-likeness (QED) is 0.790. The van der Waals surface area contributed by atoms with Crippen LogP contribution in [0.2, 0.25) is 0 Å². The van der Waals surface area contributed by atoms with Crippen molar-refractivity contribution in [3.63, 3.8) is 0 Å². The molecular formula is C11H17F3N2O3S. The largest absolute Gasteiger partial charge is 0.393 e. The van der Waals surface area contributed by atoms with Gasteiger partial charge in [0.05, 0.1) is 17.4 Å². The van der Waals surface area contributed by atoms with Crippen molar-refractivity contribution in [3.05, 3.63) is 0 Å². The molecule has 2 atom stereocenters. The Morgan fingerprint density at radius 3 is 2.50 bits per heavy atom. The van der Waals surface area contributed by atoms with Gasteiger partial charge in [0.25, 0.3) is 0 Å². The van der Waals surface area contributed by atoms with Gasteiger partial charge in [-0.15, -0.1) is 0 Å². The monoisotopic (exact) mass is 314 g/mol. The van der Waals surface area contributed by atoms with E-state index in [9.17, 15) is 26.4 Å². The third kappa shape index (κ3) is 3.77. The van der Waals surface area contributed by atoms with Crippen molar-refractivity contribution in [3.8, 4) is 0 Å². The van der Waals surface area contributed by atoms with Crippen LogP contribution < -0.4 is 5.32 Å². The molecule has 0 radical (unpaired) electrons. The average molecular weight is 314 g/mol. The second-order valence-electron chi connectivity index (χ2n) is 5.38. The molecule has 2 amide bonds. The summed E-state index contributed by atoms with van der Waals surface area (Å²) in [4.78, 5) is 13.0. The molecule has 0 aromatic carbocycles. The molecule has 5 nitrogen and oxygen atoms in total. The molecular weight excluding hydrogens is 297 g/mol. The molecule has 0 spiro atoms. The topological polar surface area (TPSA) is 66.5 Å². The number of carbonyl (C=O) groups is 1. The van der Waals surface area contributed by atoms with Crippen LogP contribution in [0, 0.1) is 5.92 Å². The third-order valence-corrected chi connectivity index (χ3v) is 5.50. The first-order chi connectivity index (χ1) is 9.17. The van der Waals surface area contributed by atoms with Gasteiger partial charge in [-0.3, -0.25) is 0 Å². The number of rotatable bonds is 1. The Hall–Kier alpha value is -0.990. The van der Waals surface area contributed by atoms with E-state index in [0.717, 1.165) is 4.90 Å². The molecule has 0 aromatic heterocycles. The molecule has 2 aliphatic heterocycles. The molecule has 9 heteroatoms. The molecule has 0 aromatic rings. The van der Waals surface area contributed by atoms with E-state index in [0.29, 0.717) is 12.8 Å². The molecule has 2 rings (SSSR count). The Balaban J connectivity index is 1.90. The van der Waals surface area contributed by atoms with E-state index >= 15 is 0 Å². The molecule has 0 aliphatic carbocycles. The van der Waals surface area contributed by atoms with Crippen LogP contribution in [0.3, 0.4) is 0 Å². The van der Waals surface area contributed by atoms with Crippen LogP contribution in [-0.2, 0) is 9.84 Å². The second-order valence-corrected chi connectivity index (χ2v) is 7.60. The number of alkyl halides is 3. The Labute approximate surface area is 115 Å². The highest BCUT2D eigenvalue weighted by atomic mass is 32.2. The number of urea groups is 1. The first-order valence-corrected chi connectivity index (χ1v) is 8.32. The summed E-state index contributed by atoms with van der Waals surface area (Å²) in [5, 5.41) is 2.52. The van der Waals surface area contributed by atoms with Gasteiger partial charge in [0.15, 0.2) is 9.84 Å². The molecule has 2 fully saturated rings. The SMILES string of the molecule is O=C(N[C@H]1CCS(=O)(=O)C1)N1CCC[C@H](C(F)(F)F)C1. The minimum Gasteiger partial charge on any atom is -0.334 e. The fourth-order valence-corrected chi connectivity index (χ4v) is 4.28. The lowest BCUT2D eigenvalue weighted by Crippen LogP contribution is -2.51. The predicted octanol–water partition coefficient (Wildman–Crippen LogP) is 1.16. The van der Waals surface area contributed by atoms with E-state index in [1.54, 1.807) is 0 Å². The minimum absolute atomic E-state index is 0.0170. The van der Waals surface area contributed by atoms with Gasteiger partial charge in [-0.2, -0.15) is 13.2 Å². The number of carbonyl (C=O) groups excluding carboxylic acids is 1. The van der Waals surface area contributed by atoms with Gasteiger partial charge in [0.2, 0.25) is 0 Å². The summed E-state index contributed by atoms with van der Waals surface area (Å²) in [7, 11) is -3.12. The zero-order chi connectivity index (χ0) is 15.0. The van der Waals surface area contributed by atoms with Crippen molar-refractivity contribution >= 4 is 15.9 Å². The fourth-order valence-electron chi connectivity index (χ4n) is 2.60. The number of hydrogen-bond donors (Lipinski definition) is 1. The van der Waals surface area contributed by atoms with Crippen LogP contribution >= 0.6 is 0 Å². The summed E-state index contributed by atoms with van der Waals surface area (Å²) in [5.74, 6) is -1.60. The van der Waals surface area contributed by atoms with Crippen LogP contribution in [0.4, 0.5) is 18.0 Å². The van der Waals surface area contributed by atoms with E-state index in [2.05, 4.69) is 5.32 Å².